The number of nitrogens with one attached hydrogen (secondary N) is 1. The third-order valence-electron chi connectivity index (χ3n) is 3.85. The molecule has 1 atom stereocenters. The second-order valence-electron chi connectivity index (χ2n) is 5.60. The zero-order valence-corrected chi connectivity index (χ0v) is 14.6. The molecule has 3 rings (SSSR count). The van der Waals surface area contributed by atoms with Crippen molar-refractivity contribution in [2.24, 2.45) is 5.16 Å². The molecule has 0 fully saturated rings. The molecule has 1 heterocycles. The lowest BCUT2D eigenvalue weighted by Gasteiger charge is -2.13. The first-order valence-corrected chi connectivity index (χ1v) is 8.19. The van der Waals surface area contributed by atoms with Crippen molar-refractivity contribution in [3.8, 4) is 0 Å². The number of benzene rings is 2. The molecule has 0 radical (unpaired) electrons. The lowest BCUT2D eigenvalue weighted by atomic mass is 10.0. The fourth-order valence-electron chi connectivity index (χ4n) is 2.57. The summed E-state index contributed by atoms with van der Waals surface area (Å²) in [5.74, 6) is -0.170. The highest BCUT2D eigenvalue weighted by Gasteiger charge is 2.29. The van der Waals surface area contributed by atoms with E-state index in [0.29, 0.717) is 6.42 Å². The minimum atomic E-state index is -0.594. The second-order valence-corrected chi connectivity index (χ2v) is 6.52. The number of rotatable bonds is 3. The molecule has 118 valence electrons. The number of hydrogen-bond donors (Lipinski definition) is 1. The molecule has 2 aromatic rings. The monoisotopic (exact) mass is 372 g/mol. The average Bonchev–Trinajstić information content (AvgIpc) is 3.01. The number of anilines is 1. The summed E-state index contributed by atoms with van der Waals surface area (Å²) in [6.45, 7) is 3.95. The molecule has 0 bridgehead atoms. The summed E-state index contributed by atoms with van der Waals surface area (Å²) in [6, 6.07) is 13.7. The van der Waals surface area contributed by atoms with Gasteiger partial charge in [-0.05, 0) is 37.1 Å². The van der Waals surface area contributed by atoms with E-state index in [1.165, 1.54) is 0 Å². The Kier molecular flexibility index (Phi) is 4.48. The topological polar surface area (TPSA) is 50.7 Å². The van der Waals surface area contributed by atoms with Gasteiger partial charge in [0.15, 0.2) is 0 Å². The summed E-state index contributed by atoms with van der Waals surface area (Å²) in [5, 5.41) is 7.03. The standard InChI is InChI=1S/C18H17BrN2O2/c1-11-5-3-6-12(2)17(11)20-18(22)16-10-15(21-23-16)13-7-4-8-14(19)9-13/h3-9,16H,10H2,1-2H3,(H,20,22)/t16-/m0/s1. The summed E-state index contributed by atoms with van der Waals surface area (Å²) in [6.07, 6.45) is -0.129. The van der Waals surface area contributed by atoms with Crippen molar-refractivity contribution in [1.29, 1.82) is 0 Å². The number of carbonyl (C=O) groups excluding carboxylic acids is 1. The van der Waals surface area contributed by atoms with Crippen LogP contribution in [0.2, 0.25) is 0 Å². The highest BCUT2D eigenvalue weighted by molar-refractivity contribution is 9.10. The average molecular weight is 373 g/mol. The first kappa shape index (κ1) is 15.7. The SMILES string of the molecule is Cc1cccc(C)c1NC(=O)[C@@H]1CC(c2cccc(Br)c2)=NO1. The highest BCUT2D eigenvalue weighted by atomic mass is 79.9. The van der Waals surface area contributed by atoms with E-state index >= 15 is 0 Å². The van der Waals surface area contributed by atoms with Gasteiger partial charge in [0.25, 0.3) is 5.91 Å². The molecule has 0 saturated carbocycles. The van der Waals surface area contributed by atoms with Gasteiger partial charge in [-0.15, -0.1) is 0 Å². The Morgan fingerprint density at radius 3 is 2.61 bits per heavy atom. The normalized spacial score (nSPS) is 16.7. The smallest absolute Gasteiger partial charge is 0.268 e. The quantitative estimate of drug-likeness (QED) is 0.877. The Balaban J connectivity index is 1.69. The van der Waals surface area contributed by atoms with Crippen LogP contribution in [-0.4, -0.2) is 17.7 Å². The number of hydrogen-bond acceptors (Lipinski definition) is 3. The van der Waals surface area contributed by atoms with E-state index in [9.17, 15) is 4.79 Å². The molecule has 0 aliphatic carbocycles. The number of carbonyl (C=O) groups is 1. The van der Waals surface area contributed by atoms with E-state index in [2.05, 4.69) is 26.4 Å². The predicted octanol–water partition coefficient (Wildman–Crippen LogP) is 4.20. The van der Waals surface area contributed by atoms with Crippen LogP contribution < -0.4 is 5.32 Å². The van der Waals surface area contributed by atoms with Crippen LogP contribution in [0.4, 0.5) is 5.69 Å². The van der Waals surface area contributed by atoms with Crippen molar-refractivity contribution >= 4 is 33.2 Å². The van der Waals surface area contributed by atoms with Gasteiger partial charge in [0, 0.05) is 22.1 Å². The first-order chi connectivity index (χ1) is 11.0. The van der Waals surface area contributed by atoms with Crippen LogP contribution in [0.3, 0.4) is 0 Å². The van der Waals surface area contributed by atoms with Crippen molar-refractivity contribution in [2.75, 3.05) is 5.32 Å². The molecule has 2 aromatic carbocycles. The van der Waals surface area contributed by atoms with Crippen LogP contribution in [-0.2, 0) is 9.63 Å². The summed E-state index contributed by atoms with van der Waals surface area (Å²) in [7, 11) is 0. The van der Waals surface area contributed by atoms with Gasteiger partial charge < -0.3 is 10.2 Å². The number of nitrogens with zero attached hydrogens (tertiary/aromatic N) is 1. The molecule has 4 nitrogen and oxygen atoms in total. The van der Waals surface area contributed by atoms with E-state index in [-0.39, 0.29) is 5.91 Å². The first-order valence-electron chi connectivity index (χ1n) is 7.40. The number of para-hydroxylation sites is 1. The van der Waals surface area contributed by atoms with E-state index in [1.54, 1.807) is 0 Å². The molecule has 1 aliphatic rings. The van der Waals surface area contributed by atoms with Crippen molar-refractivity contribution in [2.45, 2.75) is 26.4 Å². The van der Waals surface area contributed by atoms with Gasteiger partial charge in [-0.1, -0.05) is 51.4 Å². The molecule has 0 saturated heterocycles. The summed E-state index contributed by atoms with van der Waals surface area (Å²) < 4.78 is 0.973. The van der Waals surface area contributed by atoms with Gasteiger partial charge in [0.1, 0.15) is 0 Å². The Bertz CT molecular complexity index is 766. The molecule has 1 N–H and O–H groups in total. The lowest BCUT2D eigenvalue weighted by molar-refractivity contribution is -0.125. The lowest BCUT2D eigenvalue weighted by Crippen LogP contribution is -2.28. The van der Waals surface area contributed by atoms with Gasteiger partial charge in [0.05, 0.1) is 5.71 Å². The van der Waals surface area contributed by atoms with Gasteiger partial charge in [0.2, 0.25) is 6.10 Å². The fraction of sp³-hybridized carbons (Fsp3) is 0.222. The zero-order valence-electron chi connectivity index (χ0n) is 13.0. The third-order valence-corrected chi connectivity index (χ3v) is 4.34. The number of aryl methyl sites for hydroxylation is 2. The summed E-state index contributed by atoms with van der Waals surface area (Å²) >= 11 is 3.44. The maximum Gasteiger partial charge on any atom is 0.268 e. The van der Waals surface area contributed by atoms with Gasteiger partial charge in [-0.3, -0.25) is 4.79 Å². The van der Waals surface area contributed by atoms with E-state index in [4.69, 9.17) is 4.84 Å². The molecule has 23 heavy (non-hydrogen) atoms. The van der Waals surface area contributed by atoms with Crippen LogP contribution in [0.25, 0.3) is 0 Å². The number of oxime groups is 1. The maximum atomic E-state index is 12.4. The molecule has 1 amide bonds. The van der Waals surface area contributed by atoms with Crippen molar-refractivity contribution in [3.63, 3.8) is 0 Å². The minimum Gasteiger partial charge on any atom is -0.382 e. The van der Waals surface area contributed by atoms with Crippen LogP contribution in [0.15, 0.2) is 52.1 Å². The zero-order chi connectivity index (χ0) is 16.4. The molecule has 0 spiro atoms. The van der Waals surface area contributed by atoms with Crippen LogP contribution >= 0.6 is 15.9 Å². The predicted molar refractivity (Wildman–Crippen MR) is 94.7 cm³/mol. The van der Waals surface area contributed by atoms with Gasteiger partial charge in [-0.25, -0.2) is 0 Å². The summed E-state index contributed by atoms with van der Waals surface area (Å²) in [4.78, 5) is 17.8. The minimum absolute atomic E-state index is 0.170. The maximum absolute atomic E-state index is 12.4. The van der Waals surface area contributed by atoms with Crippen LogP contribution in [0.1, 0.15) is 23.1 Å². The molecule has 0 aromatic heterocycles. The molecular weight excluding hydrogens is 356 g/mol. The van der Waals surface area contributed by atoms with Gasteiger partial charge in [-0.2, -0.15) is 0 Å². The molecule has 5 heteroatoms. The van der Waals surface area contributed by atoms with E-state index in [1.807, 2.05) is 56.3 Å². The van der Waals surface area contributed by atoms with Crippen molar-refractivity contribution < 1.29 is 9.63 Å². The van der Waals surface area contributed by atoms with E-state index in [0.717, 1.165) is 32.6 Å². The molecule has 1 aliphatic heterocycles. The Morgan fingerprint density at radius 1 is 1.22 bits per heavy atom. The Labute approximate surface area is 143 Å². The van der Waals surface area contributed by atoms with Crippen molar-refractivity contribution in [3.05, 3.63) is 63.6 Å². The second kappa shape index (κ2) is 6.54. The van der Waals surface area contributed by atoms with Gasteiger partial charge >= 0.3 is 0 Å². The molecule has 0 unspecified atom stereocenters. The largest absolute Gasteiger partial charge is 0.382 e. The number of amides is 1. The number of halogens is 1. The molecular formula is C18H17BrN2O2. The van der Waals surface area contributed by atoms with Crippen LogP contribution in [0.5, 0.6) is 0 Å². The third kappa shape index (κ3) is 3.45. The fourth-order valence-corrected chi connectivity index (χ4v) is 2.97. The highest BCUT2D eigenvalue weighted by Crippen LogP contribution is 2.23. The summed E-state index contributed by atoms with van der Waals surface area (Å²) in [5.41, 5.74) is 4.65. The van der Waals surface area contributed by atoms with Crippen LogP contribution in [0, 0.1) is 13.8 Å². The Hall–Kier alpha value is -2.14. The Morgan fingerprint density at radius 2 is 1.91 bits per heavy atom. The van der Waals surface area contributed by atoms with Crippen molar-refractivity contribution in [1.82, 2.24) is 0 Å². The van der Waals surface area contributed by atoms with E-state index < -0.39 is 6.10 Å².